The lowest BCUT2D eigenvalue weighted by molar-refractivity contribution is -0.137. The molecule has 0 aromatic carbocycles. The van der Waals surface area contributed by atoms with Gasteiger partial charge in [0.25, 0.3) is 0 Å². The summed E-state index contributed by atoms with van der Waals surface area (Å²) in [5.41, 5.74) is 5.94. The summed E-state index contributed by atoms with van der Waals surface area (Å²) in [6.45, 7) is 0. The number of carbonyl (C=O) groups is 1. The largest absolute Gasteiger partial charge is 0.480 e. The average Bonchev–Trinajstić information content (AvgIpc) is 2.51. The Morgan fingerprint density at radius 1 is 1.83 bits per heavy atom. The molecule has 1 aromatic heterocycles. The van der Waals surface area contributed by atoms with E-state index < -0.39 is 12.0 Å². The molecule has 1 aromatic rings. The van der Waals surface area contributed by atoms with Crippen LogP contribution in [0.3, 0.4) is 0 Å². The van der Waals surface area contributed by atoms with E-state index in [0.717, 1.165) is 5.69 Å². The predicted molar refractivity (Wildman–Crippen MR) is 43.2 cm³/mol. The van der Waals surface area contributed by atoms with E-state index in [-0.39, 0.29) is 0 Å². The van der Waals surface area contributed by atoms with E-state index in [4.69, 9.17) is 10.8 Å². The summed E-state index contributed by atoms with van der Waals surface area (Å²) >= 11 is 0. The zero-order valence-corrected chi connectivity index (χ0v) is 6.27. The van der Waals surface area contributed by atoms with Crippen molar-refractivity contribution in [2.24, 2.45) is 5.73 Å². The van der Waals surface area contributed by atoms with E-state index in [1.807, 2.05) is 0 Å². The van der Waals surface area contributed by atoms with Crippen molar-refractivity contribution >= 4 is 12.0 Å². The molecule has 0 aliphatic carbocycles. The molecule has 0 spiro atoms. The number of H-pyrrole nitrogens is 1. The third-order valence-electron chi connectivity index (χ3n) is 1.29. The quantitative estimate of drug-likeness (QED) is 0.583. The molecule has 0 aliphatic heterocycles. The average molecular weight is 167 g/mol. The Hall–Kier alpha value is -1.62. The number of nitrogens with one attached hydrogen (secondary N) is 1. The number of nitrogens with two attached hydrogens (primary N) is 1. The maximum atomic E-state index is 10.3. The molecule has 5 heteroatoms. The van der Waals surface area contributed by atoms with Crippen molar-refractivity contribution in [1.82, 2.24) is 9.97 Å². The summed E-state index contributed by atoms with van der Waals surface area (Å²) in [6.07, 6.45) is 6.04. The Bertz CT molecular complexity index is 279. The summed E-state index contributed by atoms with van der Waals surface area (Å²) in [6, 6.07) is -0.965. The number of imidazole rings is 1. The minimum Gasteiger partial charge on any atom is -0.480 e. The number of aliphatic carboxylic acids is 1. The Morgan fingerprint density at radius 3 is 3.08 bits per heavy atom. The fourth-order valence-electron chi connectivity index (χ4n) is 0.647. The van der Waals surface area contributed by atoms with Crippen molar-refractivity contribution in [1.29, 1.82) is 0 Å². The number of carboxylic acids is 1. The van der Waals surface area contributed by atoms with Gasteiger partial charge in [-0.2, -0.15) is 0 Å². The highest BCUT2D eigenvalue weighted by Crippen LogP contribution is 1.95. The predicted octanol–water partition coefficient (Wildman–Crippen LogP) is -0.165. The lowest BCUT2D eigenvalue weighted by atomic mass is 10.3. The molecule has 4 N–H and O–H groups in total. The van der Waals surface area contributed by atoms with Gasteiger partial charge in [-0.3, -0.25) is 4.79 Å². The van der Waals surface area contributed by atoms with Crippen molar-refractivity contribution < 1.29 is 9.90 Å². The van der Waals surface area contributed by atoms with Gasteiger partial charge in [0.15, 0.2) is 0 Å². The maximum Gasteiger partial charge on any atom is 0.324 e. The first-order valence-electron chi connectivity index (χ1n) is 3.35. The SMILES string of the molecule is NC(/C=C/c1cnc[nH]1)C(=O)O. The summed E-state index contributed by atoms with van der Waals surface area (Å²) in [4.78, 5) is 16.8. The minimum absolute atomic E-state index is 0.728. The molecule has 1 unspecified atom stereocenters. The zero-order valence-electron chi connectivity index (χ0n) is 6.27. The van der Waals surface area contributed by atoms with Crippen LogP contribution in [0.25, 0.3) is 6.08 Å². The fraction of sp³-hybridized carbons (Fsp3) is 0.143. The van der Waals surface area contributed by atoms with Gasteiger partial charge in [-0.05, 0) is 6.08 Å². The number of aromatic nitrogens is 2. The van der Waals surface area contributed by atoms with Crippen LogP contribution in [-0.4, -0.2) is 27.1 Å². The molecule has 1 heterocycles. The van der Waals surface area contributed by atoms with Crippen molar-refractivity contribution in [3.8, 4) is 0 Å². The van der Waals surface area contributed by atoms with Gasteiger partial charge >= 0.3 is 5.97 Å². The van der Waals surface area contributed by atoms with Gasteiger partial charge in [0.05, 0.1) is 18.2 Å². The Kier molecular flexibility index (Phi) is 2.60. The normalized spacial score (nSPS) is 13.4. The molecular weight excluding hydrogens is 158 g/mol. The van der Waals surface area contributed by atoms with E-state index in [9.17, 15) is 4.79 Å². The molecule has 0 radical (unpaired) electrons. The lowest BCUT2D eigenvalue weighted by Gasteiger charge is -1.95. The number of hydrogen-bond acceptors (Lipinski definition) is 3. The Labute approximate surface area is 68.9 Å². The van der Waals surface area contributed by atoms with Crippen LogP contribution in [0.2, 0.25) is 0 Å². The highest BCUT2D eigenvalue weighted by molar-refractivity contribution is 5.76. The van der Waals surface area contributed by atoms with Crippen molar-refractivity contribution in [2.75, 3.05) is 0 Å². The van der Waals surface area contributed by atoms with Crippen LogP contribution in [0.4, 0.5) is 0 Å². The number of aromatic amines is 1. The van der Waals surface area contributed by atoms with Gasteiger partial charge in [0, 0.05) is 0 Å². The van der Waals surface area contributed by atoms with Gasteiger partial charge in [0.1, 0.15) is 6.04 Å². The van der Waals surface area contributed by atoms with Crippen LogP contribution in [-0.2, 0) is 4.79 Å². The van der Waals surface area contributed by atoms with E-state index in [1.54, 1.807) is 12.3 Å². The Balaban J connectivity index is 2.56. The smallest absolute Gasteiger partial charge is 0.324 e. The number of carboxylic acid groups (broad SMARTS) is 1. The molecule has 0 bridgehead atoms. The summed E-state index contributed by atoms with van der Waals surface area (Å²) in [5, 5.41) is 8.41. The second-order valence-electron chi connectivity index (χ2n) is 2.23. The fourth-order valence-corrected chi connectivity index (χ4v) is 0.647. The summed E-state index contributed by atoms with van der Waals surface area (Å²) < 4.78 is 0. The van der Waals surface area contributed by atoms with Crippen molar-refractivity contribution in [3.05, 3.63) is 24.3 Å². The van der Waals surface area contributed by atoms with Crippen molar-refractivity contribution in [3.63, 3.8) is 0 Å². The van der Waals surface area contributed by atoms with E-state index in [2.05, 4.69) is 9.97 Å². The molecule has 1 atom stereocenters. The molecule has 0 amide bonds. The molecule has 1 rings (SSSR count). The van der Waals surface area contributed by atoms with Crippen LogP contribution in [0.15, 0.2) is 18.6 Å². The first-order chi connectivity index (χ1) is 5.70. The molecular formula is C7H9N3O2. The molecule has 0 saturated heterocycles. The van der Waals surface area contributed by atoms with Crippen LogP contribution in [0.5, 0.6) is 0 Å². The number of nitrogens with zero attached hydrogens (tertiary/aromatic N) is 1. The van der Waals surface area contributed by atoms with E-state index in [0.29, 0.717) is 0 Å². The lowest BCUT2D eigenvalue weighted by Crippen LogP contribution is -2.27. The van der Waals surface area contributed by atoms with Crippen LogP contribution >= 0.6 is 0 Å². The summed E-state index contributed by atoms with van der Waals surface area (Å²) in [5.74, 6) is -1.05. The third kappa shape index (κ3) is 2.21. The first-order valence-corrected chi connectivity index (χ1v) is 3.35. The molecule has 0 fully saturated rings. The topological polar surface area (TPSA) is 92.0 Å². The van der Waals surface area contributed by atoms with Gasteiger partial charge < -0.3 is 15.8 Å². The van der Waals surface area contributed by atoms with Gasteiger partial charge in [-0.25, -0.2) is 4.98 Å². The van der Waals surface area contributed by atoms with Crippen LogP contribution < -0.4 is 5.73 Å². The molecule has 5 nitrogen and oxygen atoms in total. The van der Waals surface area contributed by atoms with Gasteiger partial charge in [-0.1, -0.05) is 6.08 Å². The highest BCUT2D eigenvalue weighted by Gasteiger charge is 2.05. The van der Waals surface area contributed by atoms with Crippen LogP contribution in [0.1, 0.15) is 5.69 Å². The minimum atomic E-state index is -1.05. The van der Waals surface area contributed by atoms with Crippen molar-refractivity contribution in [2.45, 2.75) is 6.04 Å². The number of hydrogen-bond donors (Lipinski definition) is 3. The molecule has 0 aliphatic rings. The van der Waals surface area contributed by atoms with E-state index in [1.165, 1.54) is 12.4 Å². The first kappa shape index (κ1) is 8.48. The molecule has 12 heavy (non-hydrogen) atoms. The number of rotatable bonds is 3. The van der Waals surface area contributed by atoms with Crippen LogP contribution in [0, 0.1) is 0 Å². The summed E-state index contributed by atoms with van der Waals surface area (Å²) in [7, 11) is 0. The van der Waals surface area contributed by atoms with E-state index >= 15 is 0 Å². The standard InChI is InChI=1S/C7H9N3O2/c8-6(7(11)12)2-1-5-3-9-4-10-5/h1-4,6H,8H2,(H,9,10)(H,11,12)/b2-1+. The maximum absolute atomic E-state index is 10.3. The second-order valence-corrected chi connectivity index (χ2v) is 2.23. The monoisotopic (exact) mass is 167 g/mol. The van der Waals surface area contributed by atoms with Gasteiger partial charge in [-0.15, -0.1) is 0 Å². The third-order valence-corrected chi connectivity index (χ3v) is 1.29. The Morgan fingerprint density at radius 2 is 2.58 bits per heavy atom. The zero-order chi connectivity index (χ0) is 8.97. The second kappa shape index (κ2) is 3.68. The molecule has 64 valence electrons. The highest BCUT2D eigenvalue weighted by atomic mass is 16.4. The van der Waals surface area contributed by atoms with Gasteiger partial charge in [0.2, 0.25) is 0 Å². The molecule has 0 saturated carbocycles.